The van der Waals surface area contributed by atoms with Crippen molar-refractivity contribution in [1.29, 1.82) is 0 Å². The van der Waals surface area contributed by atoms with Crippen LogP contribution in [0.1, 0.15) is 71.1 Å². The Labute approximate surface area is 148 Å². The Hall–Kier alpha value is -1.26. The highest BCUT2D eigenvalue weighted by atomic mass is 16.5. The number of aliphatic hydroxyl groups excluding tert-OH is 1. The van der Waals surface area contributed by atoms with Crippen LogP contribution in [0.15, 0.2) is 25.3 Å². The number of ether oxygens (including phenoxy) is 1. The molecule has 4 heteroatoms. The lowest BCUT2D eigenvalue weighted by Crippen LogP contribution is -2.05. The maximum absolute atomic E-state index is 10.9. The Morgan fingerprint density at radius 1 is 0.833 bits per heavy atom. The maximum atomic E-state index is 10.9. The van der Waals surface area contributed by atoms with Gasteiger partial charge in [0, 0.05) is 6.61 Å². The van der Waals surface area contributed by atoms with Gasteiger partial charge in [0.1, 0.15) is 13.2 Å². The molecule has 0 atom stereocenters. The summed E-state index contributed by atoms with van der Waals surface area (Å²) in [5.41, 5.74) is 0. The van der Waals surface area contributed by atoms with E-state index < -0.39 is 6.61 Å². The molecule has 0 spiro atoms. The van der Waals surface area contributed by atoms with E-state index in [2.05, 4.69) is 20.1 Å². The van der Waals surface area contributed by atoms with E-state index in [1.165, 1.54) is 63.9 Å². The molecule has 0 aromatic rings. The number of aliphatic hydroxyl groups is 1. The Bertz CT molecular complexity index is 324. The topological polar surface area (TPSA) is 63.6 Å². The molecule has 0 aliphatic heterocycles. The third kappa shape index (κ3) is 23.0. The van der Waals surface area contributed by atoms with Gasteiger partial charge in [-0.3, -0.25) is 9.59 Å². The molecule has 0 amide bonds. The summed E-state index contributed by atoms with van der Waals surface area (Å²) in [7, 11) is 0. The Morgan fingerprint density at radius 3 is 1.67 bits per heavy atom. The van der Waals surface area contributed by atoms with Crippen molar-refractivity contribution in [1.82, 2.24) is 0 Å². The van der Waals surface area contributed by atoms with Gasteiger partial charge < -0.3 is 9.84 Å². The third-order valence-electron chi connectivity index (χ3n) is 3.50. The molecule has 0 rings (SSSR count). The van der Waals surface area contributed by atoms with E-state index in [9.17, 15) is 9.59 Å². The average molecular weight is 341 g/mol. The summed E-state index contributed by atoms with van der Waals surface area (Å²) in [6.07, 6.45) is 15.6. The highest BCUT2D eigenvalue weighted by molar-refractivity contribution is 5.90. The smallest absolute Gasteiger partial charge is 0.180 e. The maximum Gasteiger partial charge on any atom is 0.180 e. The Morgan fingerprint density at radius 2 is 1.29 bits per heavy atom. The molecular weight excluding hydrogens is 304 g/mol. The van der Waals surface area contributed by atoms with Crippen LogP contribution >= 0.6 is 0 Å². The van der Waals surface area contributed by atoms with Gasteiger partial charge in [0.05, 0.1) is 0 Å². The van der Waals surface area contributed by atoms with Crippen LogP contribution in [0.3, 0.4) is 0 Å². The number of rotatable bonds is 16. The summed E-state index contributed by atoms with van der Waals surface area (Å²) >= 11 is 0. The van der Waals surface area contributed by atoms with Crippen LogP contribution in [0.4, 0.5) is 0 Å². The zero-order chi connectivity index (χ0) is 18.5. The first-order chi connectivity index (χ1) is 11.6. The van der Waals surface area contributed by atoms with Gasteiger partial charge in [-0.1, -0.05) is 77.9 Å². The van der Waals surface area contributed by atoms with Crippen molar-refractivity contribution < 1.29 is 19.4 Å². The fraction of sp³-hybridized carbons (Fsp3) is 0.700. The summed E-state index contributed by atoms with van der Waals surface area (Å²) in [6.45, 7) is 9.26. The molecule has 0 aromatic carbocycles. The van der Waals surface area contributed by atoms with E-state index in [1.54, 1.807) is 0 Å². The molecule has 0 saturated carbocycles. The number of unbranched alkanes of at least 4 members (excludes halogenated alkanes) is 9. The van der Waals surface area contributed by atoms with Gasteiger partial charge in [0.15, 0.2) is 11.6 Å². The zero-order valence-electron chi connectivity index (χ0n) is 15.4. The highest BCUT2D eigenvalue weighted by Crippen LogP contribution is 2.10. The minimum atomic E-state index is -0.427. The minimum absolute atomic E-state index is 0.0259. The van der Waals surface area contributed by atoms with Crippen molar-refractivity contribution in [3.63, 3.8) is 0 Å². The van der Waals surface area contributed by atoms with E-state index in [-0.39, 0.29) is 18.2 Å². The van der Waals surface area contributed by atoms with Crippen molar-refractivity contribution in [2.75, 3.05) is 19.8 Å². The first kappa shape index (κ1) is 25.0. The monoisotopic (exact) mass is 340 g/mol. The van der Waals surface area contributed by atoms with Crippen LogP contribution in [0.5, 0.6) is 0 Å². The van der Waals surface area contributed by atoms with Crippen molar-refractivity contribution in [3.8, 4) is 0 Å². The fourth-order valence-corrected chi connectivity index (χ4v) is 1.99. The van der Waals surface area contributed by atoms with Gasteiger partial charge in [-0.2, -0.15) is 0 Å². The molecule has 0 fully saturated rings. The molecule has 24 heavy (non-hydrogen) atoms. The first-order valence-electron chi connectivity index (χ1n) is 9.11. The second-order valence-electron chi connectivity index (χ2n) is 5.73. The molecule has 0 aliphatic carbocycles. The van der Waals surface area contributed by atoms with E-state index in [0.29, 0.717) is 6.61 Å². The second kappa shape index (κ2) is 21.7. The fourth-order valence-electron chi connectivity index (χ4n) is 1.99. The van der Waals surface area contributed by atoms with E-state index in [0.717, 1.165) is 12.5 Å². The summed E-state index contributed by atoms with van der Waals surface area (Å²) in [5.74, 6) is -0.364. The lowest BCUT2D eigenvalue weighted by atomic mass is 10.1. The van der Waals surface area contributed by atoms with Crippen molar-refractivity contribution in [2.24, 2.45) is 0 Å². The summed E-state index contributed by atoms with van der Waals surface area (Å²) in [6, 6.07) is 0. The lowest BCUT2D eigenvalue weighted by Gasteiger charge is -2.03. The van der Waals surface area contributed by atoms with Crippen molar-refractivity contribution >= 4 is 11.6 Å². The third-order valence-corrected chi connectivity index (χ3v) is 3.50. The number of ketones is 2. The number of carbonyl (C=O) groups is 2. The van der Waals surface area contributed by atoms with Gasteiger partial charge in [-0.15, -0.1) is 0 Å². The van der Waals surface area contributed by atoms with Crippen LogP contribution in [0.25, 0.3) is 0 Å². The van der Waals surface area contributed by atoms with Crippen LogP contribution in [0, 0.1) is 0 Å². The van der Waals surface area contributed by atoms with Gasteiger partial charge in [0.25, 0.3) is 0 Å². The molecule has 0 radical (unpaired) electrons. The quantitative estimate of drug-likeness (QED) is 0.334. The summed E-state index contributed by atoms with van der Waals surface area (Å²) < 4.78 is 5.24. The van der Waals surface area contributed by atoms with Crippen molar-refractivity contribution in [3.05, 3.63) is 25.3 Å². The van der Waals surface area contributed by atoms with E-state index in [1.807, 2.05) is 0 Å². The molecule has 0 heterocycles. The average Bonchev–Trinajstić information content (AvgIpc) is 2.62. The molecule has 0 aromatic heterocycles. The van der Waals surface area contributed by atoms with Crippen LogP contribution < -0.4 is 0 Å². The van der Waals surface area contributed by atoms with E-state index in [4.69, 9.17) is 9.84 Å². The second-order valence-corrected chi connectivity index (χ2v) is 5.73. The molecule has 0 saturated heterocycles. The SMILES string of the molecule is C=CC(=O)CO.C=CC(=O)COCCCCCCCCCCCC. The molecule has 140 valence electrons. The van der Waals surface area contributed by atoms with Crippen LogP contribution in [0.2, 0.25) is 0 Å². The molecular formula is C20H36O4. The molecule has 0 unspecified atom stereocenters. The standard InChI is InChI=1S/C16H30O2.C4H6O2/c1-3-5-6-7-8-9-10-11-12-13-14-18-15-16(17)4-2;1-2-4(6)3-5/h4H,2-3,5-15H2,1H3;2,5H,1,3H2. The van der Waals surface area contributed by atoms with Gasteiger partial charge in [0.2, 0.25) is 0 Å². The zero-order valence-corrected chi connectivity index (χ0v) is 15.4. The summed E-state index contributed by atoms with van der Waals surface area (Å²) in [4.78, 5) is 20.7. The van der Waals surface area contributed by atoms with E-state index >= 15 is 0 Å². The number of hydrogen-bond acceptors (Lipinski definition) is 4. The highest BCUT2D eigenvalue weighted by Gasteiger charge is 1.96. The number of carbonyl (C=O) groups excluding carboxylic acids is 2. The normalized spacial score (nSPS) is 9.75. The predicted octanol–water partition coefficient (Wildman–Crippen LogP) is 4.41. The lowest BCUT2D eigenvalue weighted by molar-refractivity contribution is -0.119. The molecule has 0 aliphatic rings. The Kier molecular flexibility index (Phi) is 22.6. The summed E-state index contributed by atoms with van der Waals surface area (Å²) in [5, 5.41) is 7.91. The van der Waals surface area contributed by atoms with Gasteiger partial charge in [-0.05, 0) is 18.6 Å². The Balaban J connectivity index is 0. The van der Waals surface area contributed by atoms with Gasteiger partial charge >= 0.3 is 0 Å². The number of hydrogen-bond donors (Lipinski definition) is 1. The largest absolute Gasteiger partial charge is 0.388 e. The van der Waals surface area contributed by atoms with Crippen LogP contribution in [-0.4, -0.2) is 36.5 Å². The predicted molar refractivity (Wildman–Crippen MR) is 100 cm³/mol. The first-order valence-corrected chi connectivity index (χ1v) is 9.11. The molecule has 4 nitrogen and oxygen atoms in total. The van der Waals surface area contributed by atoms with Crippen molar-refractivity contribution in [2.45, 2.75) is 71.1 Å². The minimum Gasteiger partial charge on any atom is -0.388 e. The molecule has 1 N–H and O–H groups in total. The van der Waals surface area contributed by atoms with Crippen LogP contribution in [-0.2, 0) is 14.3 Å². The molecule has 0 bridgehead atoms. The van der Waals surface area contributed by atoms with Gasteiger partial charge in [-0.25, -0.2) is 0 Å².